The molecule has 0 bridgehead atoms. The number of amides is 1. The Morgan fingerprint density at radius 3 is 2.80 bits per heavy atom. The molecule has 0 radical (unpaired) electrons. The molecule has 146 valence electrons. The van der Waals surface area contributed by atoms with Gasteiger partial charge in [-0.1, -0.05) is 18.2 Å². The molecule has 30 heavy (non-hydrogen) atoms. The van der Waals surface area contributed by atoms with E-state index in [0.29, 0.717) is 17.9 Å². The van der Waals surface area contributed by atoms with Gasteiger partial charge in [-0.15, -0.1) is 11.3 Å². The SMILES string of the molecule is Nc1ccc2ccc(CN(C(=O)c3cccnc3)c3cccc4ncsc34)cc2n1. The molecule has 7 heteroatoms. The van der Waals surface area contributed by atoms with E-state index in [-0.39, 0.29) is 5.91 Å². The van der Waals surface area contributed by atoms with E-state index in [1.165, 1.54) is 11.3 Å². The van der Waals surface area contributed by atoms with E-state index in [4.69, 9.17) is 5.73 Å². The molecular formula is C23H17N5OS. The van der Waals surface area contributed by atoms with Gasteiger partial charge in [0.05, 0.1) is 39.0 Å². The minimum Gasteiger partial charge on any atom is -0.384 e. The van der Waals surface area contributed by atoms with Gasteiger partial charge in [0.1, 0.15) is 5.82 Å². The van der Waals surface area contributed by atoms with Crippen LogP contribution in [0.15, 0.2) is 78.6 Å². The van der Waals surface area contributed by atoms with Gasteiger partial charge in [0, 0.05) is 17.8 Å². The first-order valence-electron chi connectivity index (χ1n) is 9.38. The van der Waals surface area contributed by atoms with Crippen molar-refractivity contribution < 1.29 is 4.79 Å². The van der Waals surface area contributed by atoms with Crippen molar-refractivity contribution in [2.24, 2.45) is 0 Å². The highest BCUT2D eigenvalue weighted by molar-refractivity contribution is 7.17. The summed E-state index contributed by atoms with van der Waals surface area (Å²) in [7, 11) is 0. The van der Waals surface area contributed by atoms with Crippen molar-refractivity contribution in [2.75, 3.05) is 10.6 Å². The Labute approximate surface area is 176 Å². The van der Waals surface area contributed by atoms with E-state index in [9.17, 15) is 4.79 Å². The number of carbonyl (C=O) groups excluding carboxylic acids is 1. The third-order valence-electron chi connectivity index (χ3n) is 4.90. The van der Waals surface area contributed by atoms with Crippen molar-refractivity contribution in [3.05, 3.63) is 89.7 Å². The zero-order valence-electron chi connectivity index (χ0n) is 15.9. The summed E-state index contributed by atoms with van der Waals surface area (Å²) in [5.41, 5.74) is 11.6. The summed E-state index contributed by atoms with van der Waals surface area (Å²) in [5, 5.41) is 1.00. The molecule has 0 aliphatic heterocycles. The van der Waals surface area contributed by atoms with Crippen LogP contribution in [-0.2, 0) is 6.54 Å². The zero-order chi connectivity index (χ0) is 20.5. The Bertz CT molecular complexity index is 1370. The molecule has 0 aliphatic carbocycles. The molecule has 0 saturated heterocycles. The second-order valence-corrected chi connectivity index (χ2v) is 7.73. The predicted molar refractivity (Wildman–Crippen MR) is 121 cm³/mol. The first kappa shape index (κ1) is 18.2. The average molecular weight is 411 g/mol. The highest BCUT2D eigenvalue weighted by Gasteiger charge is 2.21. The Balaban J connectivity index is 1.61. The smallest absolute Gasteiger partial charge is 0.260 e. The summed E-state index contributed by atoms with van der Waals surface area (Å²) in [4.78, 5) is 28.2. The van der Waals surface area contributed by atoms with Crippen LogP contribution in [0.5, 0.6) is 0 Å². The molecule has 3 aromatic heterocycles. The van der Waals surface area contributed by atoms with Gasteiger partial charge in [0.15, 0.2) is 0 Å². The molecule has 0 spiro atoms. The third kappa shape index (κ3) is 3.35. The lowest BCUT2D eigenvalue weighted by Crippen LogP contribution is -2.30. The second kappa shape index (κ2) is 7.53. The van der Waals surface area contributed by atoms with E-state index in [0.717, 1.165) is 32.4 Å². The number of fused-ring (bicyclic) bond motifs is 2. The van der Waals surface area contributed by atoms with Gasteiger partial charge in [-0.05, 0) is 48.0 Å². The zero-order valence-corrected chi connectivity index (χ0v) is 16.7. The van der Waals surface area contributed by atoms with Gasteiger partial charge in [-0.2, -0.15) is 0 Å². The maximum Gasteiger partial charge on any atom is 0.260 e. The van der Waals surface area contributed by atoms with Crippen LogP contribution in [0.2, 0.25) is 0 Å². The van der Waals surface area contributed by atoms with Gasteiger partial charge in [0.25, 0.3) is 5.91 Å². The number of benzene rings is 2. The standard InChI is InChI=1S/C23H17N5OS/c24-21-9-8-16-7-6-15(11-19(16)27-21)13-28(23(29)17-3-2-10-25-12-17)20-5-1-4-18-22(20)30-14-26-18/h1-12,14H,13H2,(H2,24,27). The lowest BCUT2D eigenvalue weighted by molar-refractivity contribution is 0.0985. The van der Waals surface area contributed by atoms with E-state index >= 15 is 0 Å². The molecular weight excluding hydrogens is 394 g/mol. The fourth-order valence-corrected chi connectivity index (χ4v) is 4.27. The van der Waals surface area contributed by atoms with Crippen molar-refractivity contribution >= 4 is 49.9 Å². The molecule has 2 aromatic carbocycles. The number of anilines is 2. The molecule has 5 aromatic rings. The highest BCUT2D eigenvalue weighted by Crippen LogP contribution is 2.32. The average Bonchev–Trinajstić information content (AvgIpc) is 3.26. The summed E-state index contributed by atoms with van der Waals surface area (Å²) in [6.07, 6.45) is 3.25. The van der Waals surface area contributed by atoms with E-state index < -0.39 is 0 Å². The molecule has 0 unspecified atom stereocenters. The number of hydrogen-bond donors (Lipinski definition) is 1. The number of aromatic nitrogens is 3. The first-order chi connectivity index (χ1) is 14.7. The number of pyridine rings is 2. The van der Waals surface area contributed by atoms with Crippen molar-refractivity contribution in [3.8, 4) is 0 Å². The molecule has 2 N–H and O–H groups in total. The number of hydrogen-bond acceptors (Lipinski definition) is 6. The minimum atomic E-state index is -0.121. The number of rotatable bonds is 4. The summed E-state index contributed by atoms with van der Waals surface area (Å²) >= 11 is 1.52. The summed E-state index contributed by atoms with van der Waals surface area (Å²) in [6.45, 7) is 0.386. The minimum absolute atomic E-state index is 0.121. The summed E-state index contributed by atoms with van der Waals surface area (Å²) < 4.78 is 0.970. The fourth-order valence-electron chi connectivity index (χ4n) is 3.45. The van der Waals surface area contributed by atoms with Crippen molar-refractivity contribution in [3.63, 3.8) is 0 Å². The topological polar surface area (TPSA) is 85.0 Å². The predicted octanol–water partition coefficient (Wildman–Crippen LogP) is 4.67. The lowest BCUT2D eigenvalue weighted by atomic mass is 10.1. The Morgan fingerprint density at radius 1 is 1.03 bits per heavy atom. The molecule has 5 rings (SSSR count). The Kier molecular flexibility index (Phi) is 4.57. The number of nitrogens with zero attached hydrogens (tertiary/aromatic N) is 4. The van der Waals surface area contributed by atoms with Gasteiger partial charge >= 0.3 is 0 Å². The number of carbonyl (C=O) groups is 1. The fraction of sp³-hybridized carbons (Fsp3) is 0.0435. The normalized spacial score (nSPS) is 11.1. The van der Waals surface area contributed by atoms with Crippen LogP contribution in [0.25, 0.3) is 21.1 Å². The molecule has 0 atom stereocenters. The first-order valence-corrected chi connectivity index (χ1v) is 10.3. The lowest BCUT2D eigenvalue weighted by Gasteiger charge is -2.24. The van der Waals surface area contributed by atoms with Crippen molar-refractivity contribution in [1.82, 2.24) is 15.0 Å². The Morgan fingerprint density at radius 2 is 1.93 bits per heavy atom. The van der Waals surface area contributed by atoms with Crippen LogP contribution in [0.1, 0.15) is 15.9 Å². The quantitative estimate of drug-likeness (QED) is 0.465. The van der Waals surface area contributed by atoms with Gasteiger partial charge in [-0.25, -0.2) is 9.97 Å². The number of nitrogen functional groups attached to an aromatic ring is 1. The van der Waals surface area contributed by atoms with Crippen molar-refractivity contribution in [1.29, 1.82) is 0 Å². The largest absolute Gasteiger partial charge is 0.384 e. The van der Waals surface area contributed by atoms with Crippen LogP contribution >= 0.6 is 11.3 Å². The number of thiazole rings is 1. The molecule has 0 aliphatic rings. The van der Waals surface area contributed by atoms with E-state index in [1.807, 2.05) is 42.5 Å². The summed E-state index contributed by atoms with van der Waals surface area (Å²) in [5.74, 6) is 0.349. The van der Waals surface area contributed by atoms with Crippen LogP contribution in [0.3, 0.4) is 0 Å². The van der Waals surface area contributed by atoms with Crippen molar-refractivity contribution in [2.45, 2.75) is 6.54 Å². The van der Waals surface area contributed by atoms with Crippen LogP contribution < -0.4 is 10.6 Å². The van der Waals surface area contributed by atoms with Crippen LogP contribution in [0.4, 0.5) is 11.5 Å². The monoisotopic (exact) mass is 411 g/mol. The maximum atomic E-state index is 13.5. The maximum absolute atomic E-state index is 13.5. The molecule has 3 heterocycles. The highest BCUT2D eigenvalue weighted by atomic mass is 32.1. The molecule has 0 saturated carbocycles. The molecule has 6 nitrogen and oxygen atoms in total. The summed E-state index contributed by atoms with van der Waals surface area (Å²) in [6, 6.07) is 19.1. The third-order valence-corrected chi connectivity index (χ3v) is 5.76. The second-order valence-electron chi connectivity index (χ2n) is 6.87. The van der Waals surface area contributed by atoms with Gasteiger partial charge in [-0.3, -0.25) is 9.78 Å². The Hall–Kier alpha value is -3.84. The van der Waals surface area contributed by atoms with E-state index in [1.54, 1.807) is 41.0 Å². The van der Waals surface area contributed by atoms with Gasteiger partial charge in [0.2, 0.25) is 0 Å². The number of nitrogens with two attached hydrogens (primary N) is 1. The molecule has 1 amide bonds. The molecule has 0 fully saturated rings. The van der Waals surface area contributed by atoms with E-state index in [2.05, 4.69) is 15.0 Å². The van der Waals surface area contributed by atoms with Crippen LogP contribution in [0, 0.1) is 0 Å². The van der Waals surface area contributed by atoms with Crippen LogP contribution in [-0.4, -0.2) is 20.9 Å². The van der Waals surface area contributed by atoms with Gasteiger partial charge < -0.3 is 10.6 Å².